The van der Waals surface area contributed by atoms with E-state index >= 15 is 0 Å². The van der Waals surface area contributed by atoms with Crippen molar-refractivity contribution in [3.8, 4) is 0 Å². The second-order valence-electron chi connectivity index (χ2n) is 6.82. The normalized spacial score (nSPS) is 34.8. The zero-order valence-electron chi connectivity index (χ0n) is 12.1. The van der Waals surface area contributed by atoms with Crippen LogP contribution in [0.15, 0.2) is 0 Å². The van der Waals surface area contributed by atoms with E-state index in [-0.39, 0.29) is 0 Å². The molecule has 3 aliphatic rings. The van der Waals surface area contributed by atoms with E-state index in [1.54, 1.807) is 0 Å². The number of hydrogen-bond acceptors (Lipinski definition) is 3. The molecule has 2 unspecified atom stereocenters. The largest absolute Gasteiger partial charge is 0.314 e. The van der Waals surface area contributed by atoms with E-state index in [4.69, 9.17) is 0 Å². The Morgan fingerprint density at radius 1 is 1.00 bits per heavy atom. The molecule has 3 heteroatoms. The van der Waals surface area contributed by atoms with Gasteiger partial charge in [-0.1, -0.05) is 0 Å². The molecule has 1 aliphatic heterocycles. The third-order valence-corrected chi connectivity index (χ3v) is 5.32. The molecule has 18 heavy (non-hydrogen) atoms. The highest BCUT2D eigenvalue weighted by Crippen LogP contribution is 2.34. The van der Waals surface area contributed by atoms with Crippen LogP contribution in [0.4, 0.5) is 0 Å². The third-order valence-electron chi connectivity index (χ3n) is 5.32. The Bertz CT molecular complexity index is 267. The second-order valence-corrected chi connectivity index (χ2v) is 6.82. The maximum absolute atomic E-state index is 3.72. The summed E-state index contributed by atoms with van der Waals surface area (Å²) >= 11 is 0. The molecule has 3 rings (SSSR count). The summed E-state index contributed by atoms with van der Waals surface area (Å²) < 4.78 is 0. The predicted molar refractivity (Wildman–Crippen MR) is 75.8 cm³/mol. The molecule has 3 fully saturated rings. The predicted octanol–water partition coefficient (Wildman–Crippen LogP) is 1.54. The monoisotopic (exact) mass is 251 g/mol. The molecule has 104 valence electrons. The smallest absolute Gasteiger partial charge is 0.0136 e. The molecule has 0 aromatic carbocycles. The van der Waals surface area contributed by atoms with Crippen molar-refractivity contribution in [3.63, 3.8) is 0 Å². The zero-order chi connectivity index (χ0) is 12.5. The van der Waals surface area contributed by atoms with E-state index in [1.165, 1.54) is 58.2 Å². The van der Waals surface area contributed by atoms with Crippen molar-refractivity contribution in [1.82, 2.24) is 15.1 Å². The summed E-state index contributed by atoms with van der Waals surface area (Å²) in [5.74, 6) is 0.946. The van der Waals surface area contributed by atoms with Crippen molar-refractivity contribution >= 4 is 0 Å². The minimum Gasteiger partial charge on any atom is -0.314 e. The molecule has 0 aromatic heterocycles. The van der Waals surface area contributed by atoms with Gasteiger partial charge in [-0.2, -0.15) is 0 Å². The van der Waals surface area contributed by atoms with Crippen LogP contribution in [-0.4, -0.2) is 61.7 Å². The standard InChI is InChI=1S/C15H29N3/c1-17(2)14-7-9-18(10-8-14)15-6-3-12(15)11-16-13-4-5-13/h12-16H,3-11H2,1-2H3. The van der Waals surface area contributed by atoms with Crippen LogP contribution in [0.2, 0.25) is 0 Å². The number of nitrogens with zero attached hydrogens (tertiary/aromatic N) is 2. The summed E-state index contributed by atoms with van der Waals surface area (Å²) in [6.45, 7) is 3.93. The Morgan fingerprint density at radius 2 is 1.72 bits per heavy atom. The molecule has 2 saturated carbocycles. The third kappa shape index (κ3) is 2.89. The molecule has 1 saturated heterocycles. The Hall–Kier alpha value is -0.120. The Labute approximate surface area is 112 Å². The minimum absolute atomic E-state index is 0.823. The van der Waals surface area contributed by atoms with Gasteiger partial charge < -0.3 is 10.2 Å². The van der Waals surface area contributed by atoms with Gasteiger partial charge in [0.15, 0.2) is 0 Å². The zero-order valence-corrected chi connectivity index (χ0v) is 12.1. The van der Waals surface area contributed by atoms with E-state index in [1.807, 2.05) is 0 Å². The Kier molecular flexibility index (Phi) is 3.92. The number of hydrogen-bond donors (Lipinski definition) is 1. The highest BCUT2D eigenvalue weighted by Gasteiger charge is 2.37. The summed E-state index contributed by atoms with van der Waals surface area (Å²) in [5, 5.41) is 3.72. The van der Waals surface area contributed by atoms with E-state index in [9.17, 15) is 0 Å². The molecular weight excluding hydrogens is 222 g/mol. The van der Waals surface area contributed by atoms with Crippen molar-refractivity contribution < 1.29 is 0 Å². The van der Waals surface area contributed by atoms with Crippen LogP contribution in [0.5, 0.6) is 0 Å². The molecule has 0 amide bonds. The van der Waals surface area contributed by atoms with Crippen LogP contribution in [0.25, 0.3) is 0 Å². The van der Waals surface area contributed by atoms with Gasteiger partial charge in [0.1, 0.15) is 0 Å². The lowest BCUT2D eigenvalue weighted by Gasteiger charge is -2.48. The van der Waals surface area contributed by atoms with Gasteiger partial charge in [0, 0.05) is 18.1 Å². The van der Waals surface area contributed by atoms with Crippen LogP contribution in [0, 0.1) is 5.92 Å². The molecule has 0 bridgehead atoms. The van der Waals surface area contributed by atoms with Crippen LogP contribution in [0.3, 0.4) is 0 Å². The minimum atomic E-state index is 0.823. The average molecular weight is 251 g/mol. The molecule has 3 nitrogen and oxygen atoms in total. The fraction of sp³-hybridized carbons (Fsp3) is 1.00. The van der Waals surface area contributed by atoms with E-state index in [2.05, 4.69) is 29.2 Å². The summed E-state index contributed by atoms with van der Waals surface area (Å²) in [5.41, 5.74) is 0. The molecule has 1 heterocycles. The number of rotatable bonds is 5. The highest BCUT2D eigenvalue weighted by molar-refractivity contribution is 4.94. The van der Waals surface area contributed by atoms with Gasteiger partial charge in [-0.15, -0.1) is 0 Å². The first-order valence-corrected chi connectivity index (χ1v) is 7.88. The van der Waals surface area contributed by atoms with Crippen LogP contribution < -0.4 is 5.32 Å². The summed E-state index contributed by atoms with van der Waals surface area (Å²) in [6, 6.07) is 2.61. The summed E-state index contributed by atoms with van der Waals surface area (Å²) in [4.78, 5) is 5.19. The first-order chi connectivity index (χ1) is 8.74. The quantitative estimate of drug-likeness (QED) is 0.800. The van der Waals surface area contributed by atoms with Crippen molar-refractivity contribution in [1.29, 1.82) is 0 Å². The van der Waals surface area contributed by atoms with Gasteiger partial charge in [0.2, 0.25) is 0 Å². The number of nitrogens with one attached hydrogen (secondary N) is 1. The first kappa shape index (κ1) is 12.9. The van der Waals surface area contributed by atoms with Crippen molar-refractivity contribution in [3.05, 3.63) is 0 Å². The van der Waals surface area contributed by atoms with Crippen molar-refractivity contribution in [2.45, 2.75) is 56.7 Å². The lowest BCUT2D eigenvalue weighted by molar-refractivity contribution is 0.0278. The van der Waals surface area contributed by atoms with Crippen LogP contribution >= 0.6 is 0 Å². The summed E-state index contributed by atoms with van der Waals surface area (Å²) in [7, 11) is 4.46. The molecular formula is C15H29N3. The van der Waals surface area contributed by atoms with Gasteiger partial charge in [-0.3, -0.25) is 4.90 Å². The topological polar surface area (TPSA) is 18.5 Å². The van der Waals surface area contributed by atoms with Crippen LogP contribution in [-0.2, 0) is 0 Å². The summed E-state index contributed by atoms with van der Waals surface area (Å²) in [6.07, 6.45) is 8.48. The SMILES string of the molecule is CN(C)C1CCN(C2CCC2CNC2CC2)CC1. The van der Waals surface area contributed by atoms with E-state index in [0.29, 0.717) is 0 Å². The average Bonchev–Trinajstić information content (AvgIpc) is 3.12. The van der Waals surface area contributed by atoms with Gasteiger partial charge in [0.05, 0.1) is 0 Å². The lowest BCUT2D eigenvalue weighted by atomic mass is 9.77. The molecule has 1 N–H and O–H groups in total. The second kappa shape index (κ2) is 5.48. The fourth-order valence-corrected chi connectivity index (χ4v) is 3.61. The van der Waals surface area contributed by atoms with Crippen LogP contribution in [0.1, 0.15) is 38.5 Å². The Morgan fingerprint density at radius 3 is 2.22 bits per heavy atom. The van der Waals surface area contributed by atoms with E-state index < -0.39 is 0 Å². The van der Waals surface area contributed by atoms with Crippen molar-refractivity contribution in [2.24, 2.45) is 5.92 Å². The van der Waals surface area contributed by atoms with E-state index in [0.717, 1.165) is 24.0 Å². The van der Waals surface area contributed by atoms with Crippen molar-refractivity contribution in [2.75, 3.05) is 33.7 Å². The van der Waals surface area contributed by atoms with Gasteiger partial charge in [-0.25, -0.2) is 0 Å². The fourth-order valence-electron chi connectivity index (χ4n) is 3.61. The number of piperidine rings is 1. The maximum atomic E-state index is 3.72. The molecule has 2 aliphatic carbocycles. The Balaban J connectivity index is 1.41. The molecule has 0 radical (unpaired) electrons. The first-order valence-electron chi connectivity index (χ1n) is 7.88. The van der Waals surface area contributed by atoms with Gasteiger partial charge in [-0.05, 0) is 78.2 Å². The maximum Gasteiger partial charge on any atom is 0.0136 e. The molecule has 0 aromatic rings. The van der Waals surface area contributed by atoms with Gasteiger partial charge >= 0.3 is 0 Å². The highest BCUT2D eigenvalue weighted by atomic mass is 15.2. The molecule has 0 spiro atoms. The van der Waals surface area contributed by atoms with Gasteiger partial charge in [0.25, 0.3) is 0 Å². The molecule has 2 atom stereocenters. The lowest BCUT2D eigenvalue weighted by Crippen LogP contribution is -2.54. The number of likely N-dealkylation sites (tertiary alicyclic amines) is 1.